The first-order valence-corrected chi connectivity index (χ1v) is 9.78. The Morgan fingerprint density at radius 3 is 2.61 bits per heavy atom. The first-order chi connectivity index (χ1) is 13.3. The Morgan fingerprint density at radius 2 is 1.96 bits per heavy atom. The molecule has 2 aromatic heterocycles. The summed E-state index contributed by atoms with van der Waals surface area (Å²) in [5.74, 6) is 0.803. The molecule has 0 aliphatic rings. The predicted molar refractivity (Wildman–Crippen MR) is 101 cm³/mol. The zero-order valence-corrected chi connectivity index (χ0v) is 16.4. The van der Waals surface area contributed by atoms with Gasteiger partial charge in [-0.15, -0.1) is 10.2 Å². The van der Waals surface area contributed by atoms with E-state index >= 15 is 0 Å². The molecule has 1 aromatic carbocycles. The third-order valence-corrected chi connectivity index (χ3v) is 5.30. The lowest BCUT2D eigenvalue weighted by molar-refractivity contribution is -0.137. The Hall–Kier alpha value is -1.97. The van der Waals surface area contributed by atoms with E-state index in [2.05, 4.69) is 17.1 Å². The highest BCUT2D eigenvalue weighted by atomic mass is 35.5. The van der Waals surface area contributed by atoms with Gasteiger partial charge >= 0.3 is 6.18 Å². The standard InChI is InChI=1S/C18H17ClF3N3O2S/c1-2-11-3-5-14(6-4-11)27-9-13(26)10-28-17-24-23-16-15(19)7-12(8-25(16)17)18(20,21)22/h3-8,13,26H,2,9-10H2,1H3. The molecule has 0 fully saturated rings. The van der Waals surface area contributed by atoms with Gasteiger partial charge in [-0.2, -0.15) is 13.2 Å². The molecule has 3 rings (SSSR count). The molecule has 3 aromatic rings. The summed E-state index contributed by atoms with van der Waals surface area (Å²) in [5, 5.41) is 17.8. The number of rotatable bonds is 7. The molecule has 0 spiro atoms. The molecule has 0 saturated carbocycles. The summed E-state index contributed by atoms with van der Waals surface area (Å²) in [7, 11) is 0. The van der Waals surface area contributed by atoms with Gasteiger partial charge in [-0.3, -0.25) is 4.40 Å². The number of hydrogen-bond donors (Lipinski definition) is 1. The molecule has 150 valence electrons. The van der Waals surface area contributed by atoms with Gasteiger partial charge in [0.25, 0.3) is 0 Å². The molecule has 28 heavy (non-hydrogen) atoms. The van der Waals surface area contributed by atoms with Crippen molar-refractivity contribution in [2.24, 2.45) is 0 Å². The van der Waals surface area contributed by atoms with Crippen LogP contribution in [-0.2, 0) is 12.6 Å². The van der Waals surface area contributed by atoms with Crippen LogP contribution >= 0.6 is 23.4 Å². The Kier molecular flexibility index (Phi) is 6.36. The topological polar surface area (TPSA) is 59.7 Å². The van der Waals surface area contributed by atoms with Gasteiger partial charge in [-0.25, -0.2) is 0 Å². The third kappa shape index (κ3) is 4.89. The summed E-state index contributed by atoms with van der Waals surface area (Å²) >= 11 is 6.95. The molecule has 0 saturated heterocycles. The molecule has 10 heteroatoms. The second-order valence-corrected chi connectivity index (χ2v) is 7.42. The van der Waals surface area contributed by atoms with Gasteiger partial charge < -0.3 is 9.84 Å². The molecule has 0 aliphatic heterocycles. The number of pyridine rings is 1. The second kappa shape index (κ2) is 8.59. The van der Waals surface area contributed by atoms with Crippen molar-refractivity contribution in [2.75, 3.05) is 12.4 Å². The number of halogens is 4. The fourth-order valence-corrected chi connectivity index (χ4v) is 3.48. The van der Waals surface area contributed by atoms with Crippen LogP contribution in [0.4, 0.5) is 13.2 Å². The molecule has 5 nitrogen and oxygen atoms in total. The van der Waals surface area contributed by atoms with Crippen molar-refractivity contribution < 1.29 is 23.0 Å². The number of hydrogen-bond acceptors (Lipinski definition) is 5. The Labute approximate surface area is 168 Å². The van der Waals surface area contributed by atoms with E-state index in [0.29, 0.717) is 5.75 Å². The molecule has 0 amide bonds. The van der Waals surface area contributed by atoms with E-state index in [9.17, 15) is 18.3 Å². The number of fused-ring (bicyclic) bond motifs is 1. The van der Waals surface area contributed by atoms with E-state index in [-0.39, 0.29) is 28.2 Å². The monoisotopic (exact) mass is 431 g/mol. The van der Waals surface area contributed by atoms with Crippen LogP contribution in [0.15, 0.2) is 41.7 Å². The van der Waals surface area contributed by atoms with Crippen LogP contribution in [0.25, 0.3) is 5.65 Å². The smallest absolute Gasteiger partial charge is 0.417 e. The average molecular weight is 432 g/mol. The molecular weight excluding hydrogens is 415 g/mol. The lowest BCUT2D eigenvalue weighted by Crippen LogP contribution is -2.20. The summed E-state index contributed by atoms with van der Waals surface area (Å²) in [4.78, 5) is 0. The van der Waals surface area contributed by atoms with E-state index < -0.39 is 17.8 Å². The summed E-state index contributed by atoms with van der Waals surface area (Å²) in [5.41, 5.74) is 0.406. The normalized spacial score (nSPS) is 13.1. The van der Waals surface area contributed by atoms with E-state index in [1.165, 1.54) is 9.96 Å². The van der Waals surface area contributed by atoms with Crippen molar-refractivity contribution >= 4 is 29.0 Å². The minimum absolute atomic E-state index is 0.0454. The SMILES string of the molecule is CCc1ccc(OCC(O)CSc2nnc3c(Cl)cc(C(F)(F)F)cn23)cc1. The molecule has 0 radical (unpaired) electrons. The van der Waals surface area contributed by atoms with Crippen LogP contribution in [0.3, 0.4) is 0 Å². The van der Waals surface area contributed by atoms with Crippen LogP contribution in [0.2, 0.25) is 5.02 Å². The van der Waals surface area contributed by atoms with Crippen molar-refractivity contribution in [3.05, 3.63) is 52.7 Å². The van der Waals surface area contributed by atoms with Crippen molar-refractivity contribution in [3.8, 4) is 5.75 Å². The summed E-state index contributed by atoms with van der Waals surface area (Å²) in [6, 6.07) is 8.35. The van der Waals surface area contributed by atoms with E-state index in [1.54, 1.807) is 0 Å². The van der Waals surface area contributed by atoms with Crippen molar-refractivity contribution in [1.82, 2.24) is 14.6 Å². The number of nitrogens with zero attached hydrogens (tertiary/aromatic N) is 3. The summed E-state index contributed by atoms with van der Waals surface area (Å²) < 4.78 is 45.6. The highest BCUT2D eigenvalue weighted by molar-refractivity contribution is 7.99. The van der Waals surface area contributed by atoms with E-state index in [1.807, 2.05) is 24.3 Å². The number of thioether (sulfide) groups is 1. The maximum atomic E-state index is 13.0. The van der Waals surface area contributed by atoms with Crippen LogP contribution in [0.1, 0.15) is 18.1 Å². The third-order valence-electron chi connectivity index (χ3n) is 3.93. The van der Waals surface area contributed by atoms with Gasteiger partial charge in [0.15, 0.2) is 10.8 Å². The number of alkyl halides is 3. The summed E-state index contributed by atoms with van der Waals surface area (Å²) in [6.45, 7) is 2.10. The average Bonchev–Trinajstić information content (AvgIpc) is 3.08. The van der Waals surface area contributed by atoms with Crippen molar-refractivity contribution in [3.63, 3.8) is 0 Å². The Morgan fingerprint density at radius 1 is 1.25 bits per heavy atom. The van der Waals surface area contributed by atoms with Gasteiger partial charge in [0.1, 0.15) is 12.4 Å². The number of aliphatic hydroxyl groups is 1. The molecule has 0 bridgehead atoms. The van der Waals surface area contributed by atoms with Crippen LogP contribution < -0.4 is 4.74 Å². The quantitative estimate of drug-likeness (QED) is 0.558. The Balaban J connectivity index is 1.63. The first-order valence-electron chi connectivity index (χ1n) is 8.42. The van der Waals surface area contributed by atoms with E-state index in [4.69, 9.17) is 16.3 Å². The highest BCUT2D eigenvalue weighted by Gasteiger charge is 2.32. The number of ether oxygens (including phenoxy) is 1. The van der Waals surface area contributed by atoms with Gasteiger partial charge in [-0.05, 0) is 30.2 Å². The lowest BCUT2D eigenvalue weighted by Gasteiger charge is -2.12. The number of aliphatic hydroxyl groups excluding tert-OH is 1. The Bertz CT molecular complexity index is 948. The molecular formula is C18H17ClF3N3O2S. The zero-order chi connectivity index (χ0) is 20.3. The summed E-state index contributed by atoms with van der Waals surface area (Å²) in [6.07, 6.45) is -3.57. The number of benzene rings is 1. The number of aromatic nitrogens is 3. The van der Waals surface area contributed by atoms with Crippen molar-refractivity contribution in [1.29, 1.82) is 0 Å². The largest absolute Gasteiger partial charge is 0.491 e. The zero-order valence-electron chi connectivity index (χ0n) is 14.8. The maximum absolute atomic E-state index is 13.0. The fourth-order valence-electron chi connectivity index (χ4n) is 2.42. The predicted octanol–water partition coefficient (Wildman–Crippen LogP) is 4.50. The maximum Gasteiger partial charge on any atom is 0.417 e. The second-order valence-electron chi connectivity index (χ2n) is 6.02. The van der Waals surface area contributed by atoms with Gasteiger partial charge in [-0.1, -0.05) is 42.4 Å². The first kappa shape index (κ1) is 20.8. The molecule has 2 heterocycles. The molecule has 1 atom stereocenters. The van der Waals surface area contributed by atoms with E-state index in [0.717, 1.165) is 30.4 Å². The van der Waals surface area contributed by atoms with Crippen molar-refractivity contribution in [2.45, 2.75) is 30.8 Å². The minimum Gasteiger partial charge on any atom is -0.491 e. The number of aryl methyl sites for hydroxylation is 1. The molecule has 1 N–H and O–H groups in total. The van der Waals surface area contributed by atoms with Gasteiger partial charge in [0.2, 0.25) is 0 Å². The fraction of sp³-hybridized carbons (Fsp3) is 0.333. The minimum atomic E-state index is -4.54. The molecule has 0 aliphatic carbocycles. The van der Waals surface area contributed by atoms with Gasteiger partial charge in [0.05, 0.1) is 16.7 Å². The van der Waals surface area contributed by atoms with Crippen LogP contribution in [0, 0.1) is 0 Å². The van der Waals surface area contributed by atoms with Crippen LogP contribution in [-0.4, -0.2) is 38.2 Å². The lowest BCUT2D eigenvalue weighted by atomic mass is 10.2. The van der Waals surface area contributed by atoms with Crippen LogP contribution in [0.5, 0.6) is 5.75 Å². The van der Waals surface area contributed by atoms with Gasteiger partial charge in [0, 0.05) is 11.9 Å². The molecule has 1 unspecified atom stereocenters. The highest BCUT2D eigenvalue weighted by Crippen LogP contribution is 2.33.